The van der Waals surface area contributed by atoms with Crippen molar-refractivity contribution >= 4 is 7.12 Å². The third-order valence-electron chi connectivity index (χ3n) is 4.60. The summed E-state index contributed by atoms with van der Waals surface area (Å²) >= 11 is 0. The molecule has 0 spiro atoms. The van der Waals surface area contributed by atoms with Gasteiger partial charge in [0.2, 0.25) is 0 Å². The molecule has 1 atom stereocenters. The van der Waals surface area contributed by atoms with Gasteiger partial charge in [-0.2, -0.15) is 0 Å². The van der Waals surface area contributed by atoms with Gasteiger partial charge in [0.05, 0.1) is 0 Å². The maximum atomic E-state index is 5.88. The first-order valence-corrected chi connectivity index (χ1v) is 9.84. The van der Waals surface area contributed by atoms with Crippen molar-refractivity contribution in [1.82, 2.24) is 4.90 Å². The minimum absolute atomic E-state index is 0.110. The molecule has 3 nitrogen and oxygen atoms in total. The Kier molecular flexibility index (Phi) is 8.76. The second-order valence-electron chi connectivity index (χ2n) is 9.48. The fourth-order valence-corrected chi connectivity index (χ4v) is 2.78. The smallest absolute Gasteiger partial charge is 0.410 e. The fraction of sp³-hybridized carbons (Fsp3) is 0.810. The van der Waals surface area contributed by atoms with Crippen molar-refractivity contribution in [3.63, 3.8) is 0 Å². The molecule has 0 aromatic heterocycles. The van der Waals surface area contributed by atoms with Gasteiger partial charge in [0.1, 0.15) is 0 Å². The summed E-state index contributed by atoms with van der Waals surface area (Å²) in [6.07, 6.45) is 10.1. The molecule has 0 aliphatic carbocycles. The zero-order valence-corrected chi connectivity index (χ0v) is 17.9. The van der Waals surface area contributed by atoms with Crippen molar-refractivity contribution in [2.45, 2.75) is 73.5 Å². The van der Waals surface area contributed by atoms with Gasteiger partial charge in [0.25, 0.3) is 0 Å². The van der Waals surface area contributed by atoms with E-state index in [9.17, 15) is 0 Å². The van der Waals surface area contributed by atoms with Crippen LogP contribution in [0.4, 0.5) is 0 Å². The highest BCUT2D eigenvalue weighted by Gasteiger charge is 2.34. The molecule has 0 bridgehead atoms. The maximum Gasteiger partial charge on any atom is 0.463 e. The van der Waals surface area contributed by atoms with Crippen molar-refractivity contribution in [2.75, 3.05) is 26.8 Å². The monoisotopic (exact) mass is 349 g/mol. The van der Waals surface area contributed by atoms with E-state index in [4.69, 9.17) is 9.31 Å². The van der Waals surface area contributed by atoms with Crippen molar-refractivity contribution < 1.29 is 9.31 Å². The van der Waals surface area contributed by atoms with Gasteiger partial charge in [-0.25, -0.2) is 0 Å². The quantitative estimate of drug-likeness (QED) is 0.424. The molecule has 1 aliphatic heterocycles. The van der Waals surface area contributed by atoms with E-state index in [-0.39, 0.29) is 18.4 Å². The van der Waals surface area contributed by atoms with Crippen LogP contribution in [-0.2, 0) is 9.31 Å². The van der Waals surface area contributed by atoms with Gasteiger partial charge in [-0.05, 0) is 18.3 Å². The molecule has 1 unspecified atom stereocenters. The topological polar surface area (TPSA) is 21.7 Å². The zero-order chi connectivity index (χ0) is 19.1. The second-order valence-corrected chi connectivity index (χ2v) is 9.48. The minimum atomic E-state index is -0.110. The van der Waals surface area contributed by atoms with Crippen LogP contribution in [0.5, 0.6) is 0 Å². The summed E-state index contributed by atoms with van der Waals surface area (Å²) in [6, 6.07) is 0. The van der Waals surface area contributed by atoms with Gasteiger partial charge < -0.3 is 14.2 Å². The van der Waals surface area contributed by atoms with Gasteiger partial charge >= 0.3 is 7.12 Å². The molecule has 1 heterocycles. The summed E-state index contributed by atoms with van der Waals surface area (Å²) in [5.41, 5.74) is 1.91. The largest absolute Gasteiger partial charge is 0.463 e. The molecule has 0 aromatic rings. The van der Waals surface area contributed by atoms with E-state index in [1.807, 2.05) is 0 Å². The number of rotatable bonds is 8. The molecule has 0 radical (unpaired) electrons. The fourth-order valence-electron chi connectivity index (χ4n) is 2.78. The first kappa shape index (κ1) is 22.3. The first-order valence-electron chi connectivity index (χ1n) is 9.84. The van der Waals surface area contributed by atoms with E-state index < -0.39 is 0 Å². The van der Waals surface area contributed by atoms with Gasteiger partial charge in [0.15, 0.2) is 0 Å². The van der Waals surface area contributed by atoms with E-state index in [1.165, 1.54) is 12.1 Å². The highest BCUT2D eigenvalue weighted by atomic mass is 16.6. The highest BCUT2D eigenvalue weighted by Crippen LogP contribution is 2.27. The lowest BCUT2D eigenvalue weighted by Gasteiger charge is -2.34. The molecule has 0 aromatic carbocycles. The Morgan fingerprint density at radius 1 is 1.24 bits per heavy atom. The third kappa shape index (κ3) is 8.96. The molecule has 4 heteroatoms. The summed E-state index contributed by atoms with van der Waals surface area (Å²) in [6.45, 7) is 18.3. The van der Waals surface area contributed by atoms with E-state index in [1.54, 1.807) is 0 Å². The van der Waals surface area contributed by atoms with Gasteiger partial charge in [-0.1, -0.05) is 66.7 Å². The lowest BCUT2D eigenvalue weighted by atomic mass is 9.70. The molecule has 0 N–H and O–H groups in total. The van der Waals surface area contributed by atoms with Crippen LogP contribution in [0.25, 0.3) is 0 Å². The van der Waals surface area contributed by atoms with Crippen LogP contribution >= 0.6 is 0 Å². The molecule has 1 fully saturated rings. The Morgan fingerprint density at radius 3 is 2.36 bits per heavy atom. The number of hydrogen-bond donors (Lipinski definition) is 0. The predicted molar refractivity (Wildman–Crippen MR) is 110 cm³/mol. The van der Waals surface area contributed by atoms with Crippen molar-refractivity contribution in [3.05, 3.63) is 23.9 Å². The summed E-state index contributed by atoms with van der Waals surface area (Å²) in [4.78, 5) is 2.40. The first-order chi connectivity index (χ1) is 11.5. The number of hydrogen-bond acceptors (Lipinski definition) is 3. The molecule has 25 heavy (non-hydrogen) atoms. The summed E-state index contributed by atoms with van der Waals surface area (Å²) in [5.74, 6) is 0.277. The molecule has 0 saturated carbocycles. The second kappa shape index (κ2) is 9.82. The van der Waals surface area contributed by atoms with Gasteiger partial charge in [-0.3, -0.25) is 0 Å². The Balaban J connectivity index is 2.50. The van der Waals surface area contributed by atoms with Crippen LogP contribution in [0.15, 0.2) is 23.9 Å². The molecule has 1 saturated heterocycles. The third-order valence-corrected chi connectivity index (χ3v) is 4.60. The minimum Gasteiger partial charge on any atom is -0.410 e. The van der Waals surface area contributed by atoms with Crippen LogP contribution in [0.2, 0.25) is 5.82 Å². The van der Waals surface area contributed by atoms with E-state index in [0.29, 0.717) is 5.41 Å². The molecule has 0 amide bonds. The number of allylic oxidation sites excluding steroid dienone is 3. The molecule has 1 rings (SSSR count). The molecule has 1 aliphatic rings. The van der Waals surface area contributed by atoms with E-state index in [2.05, 4.69) is 78.6 Å². The van der Waals surface area contributed by atoms with Gasteiger partial charge in [-0.15, -0.1) is 0 Å². The SMILES string of the molecule is CC/C=C(\CC=CC(C)B1OCC(C)(C)CO1)N(C)CCC(C)(C)C. The van der Waals surface area contributed by atoms with E-state index in [0.717, 1.165) is 32.6 Å². The summed E-state index contributed by atoms with van der Waals surface area (Å²) in [7, 11) is 2.10. The van der Waals surface area contributed by atoms with Crippen LogP contribution < -0.4 is 0 Å². The lowest BCUT2D eigenvalue weighted by Crippen LogP contribution is -2.42. The van der Waals surface area contributed by atoms with E-state index >= 15 is 0 Å². The predicted octanol–water partition coefficient (Wildman–Crippen LogP) is 5.55. The Hall–Kier alpha value is -0.735. The van der Waals surface area contributed by atoms with Crippen LogP contribution in [0.3, 0.4) is 0 Å². The highest BCUT2D eigenvalue weighted by molar-refractivity contribution is 6.47. The summed E-state index contributed by atoms with van der Waals surface area (Å²) in [5, 5.41) is 0. The Labute approximate surface area is 157 Å². The van der Waals surface area contributed by atoms with Crippen molar-refractivity contribution in [3.8, 4) is 0 Å². The average molecular weight is 349 g/mol. The normalized spacial score (nSPS) is 20.2. The van der Waals surface area contributed by atoms with Crippen LogP contribution in [0.1, 0.15) is 67.7 Å². The summed E-state index contributed by atoms with van der Waals surface area (Å²) < 4.78 is 11.8. The van der Waals surface area contributed by atoms with Crippen LogP contribution in [-0.4, -0.2) is 38.8 Å². The zero-order valence-electron chi connectivity index (χ0n) is 17.9. The van der Waals surface area contributed by atoms with Crippen LogP contribution in [0, 0.1) is 10.8 Å². The number of nitrogens with zero attached hydrogens (tertiary/aromatic N) is 1. The lowest BCUT2D eigenvalue weighted by molar-refractivity contribution is 0.0263. The maximum absolute atomic E-state index is 5.88. The Bertz CT molecular complexity index is 441. The Morgan fingerprint density at radius 2 is 1.84 bits per heavy atom. The average Bonchev–Trinajstić information content (AvgIpc) is 2.50. The molecular formula is C21H40BNO2. The molecular weight excluding hydrogens is 309 g/mol. The van der Waals surface area contributed by atoms with Gasteiger partial charge in [0, 0.05) is 50.2 Å². The standard InChI is InChI=1S/C21H40BNO2/c1-9-11-19(23(8)15-14-20(3,4)5)13-10-12-18(2)22-24-16-21(6,7)17-25-22/h10-12,18H,9,13-17H2,1-8H3/b12-10?,19-11+. The van der Waals surface area contributed by atoms with Crippen molar-refractivity contribution in [2.24, 2.45) is 10.8 Å². The molecule has 144 valence electrons. The van der Waals surface area contributed by atoms with Crippen molar-refractivity contribution in [1.29, 1.82) is 0 Å².